The van der Waals surface area contributed by atoms with Crippen molar-refractivity contribution in [3.8, 4) is 5.75 Å². The van der Waals surface area contributed by atoms with E-state index in [2.05, 4.69) is 10.3 Å². The number of carbonyl (C=O) groups is 1. The SMILES string of the molecule is COc1ccccc1NC(=O)c1cn2ccccc2n1. The first kappa shape index (κ1) is 12.2. The molecule has 0 spiro atoms. The van der Waals surface area contributed by atoms with E-state index in [-0.39, 0.29) is 5.91 Å². The van der Waals surface area contributed by atoms with Crippen molar-refractivity contribution in [3.05, 3.63) is 60.6 Å². The van der Waals surface area contributed by atoms with Crippen LogP contribution in [0.5, 0.6) is 5.75 Å². The highest BCUT2D eigenvalue weighted by molar-refractivity contribution is 6.04. The quantitative estimate of drug-likeness (QED) is 0.793. The molecule has 0 aliphatic rings. The fourth-order valence-electron chi connectivity index (χ4n) is 1.98. The normalized spacial score (nSPS) is 10.4. The maximum atomic E-state index is 12.2. The zero-order valence-corrected chi connectivity index (χ0v) is 10.9. The van der Waals surface area contributed by atoms with Gasteiger partial charge in [-0.2, -0.15) is 0 Å². The van der Waals surface area contributed by atoms with Crippen molar-refractivity contribution >= 4 is 17.2 Å². The van der Waals surface area contributed by atoms with Gasteiger partial charge in [-0.25, -0.2) is 4.98 Å². The molecule has 100 valence electrons. The van der Waals surface area contributed by atoms with Gasteiger partial charge in [0.15, 0.2) is 0 Å². The molecular formula is C15H13N3O2. The van der Waals surface area contributed by atoms with Gasteiger partial charge in [0.2, 0.25) is 0 Å². The van der Waals surface area contributed by atoms with E-state index in [1.165, 1.54) is 0 Å². The number of pyridine rings is 1. The number of carbonyl (C=O) groups excluding carboxylic acids is 1. The lowest BCUT2D eigenvalue weighted by molar-refractivity contribution is 0.102. The summed E-state index contributed by atoms with van der Waals surface area (Å²) in [7, 11) is 1.57. The van der Waals surface area contributed by atoms with Crippen LogP contribution in [0, 0.1) is 0 Å². The first-order valence-corrected chi connectivity index (χ1v) is 6.16. The number of para-hydroxylation sites is 2. The van der Waals surface area contributed by atoms with E-state index in [0.717, 1.165) is 5.65 Å². The minimum atomic E-state index is -0.266. The number of nitrogens with one attached hydrogen (secondary N) is 1. The highest BCUT2D eigenvalue weighted by Crippen LogP contribution is 2.23. The van der Waals surface area contributed by atoms with Gasteiger partial charge in [0.1, 0.15) is 17.1 Å². The van der Waals surface area contributed by atoms with E-state index in [9.17, 15) is 4.79 Å². The number of fused-ring (bicyclic) bond motifs is 1. The summed E-state index contributed by atoms with van der Waals surface area (Å²) < 4.78 is 7.00. The summed E-state index contributed by atoms with van der Waals surface area (Å²) in [5.41, 5.74) is 1.72. The van der Waals surface area contributed by atoms with Crippen molar-refractivity contribution in [2.24, 2.45) is 0 Å². The van der Waals surface area contributed by atoms with Gasteiger partial charge in [0.25, 0.3) is 5.91 Å². The van der Waals surface area contributed by atoms with E-state index in [1.807, 2.05) is 36.5 Å². The highest BCUT2D eigenvalue weighted by atomic mass is 16.5. The van der Waals surface area contributed by atoms with E-state index >= 15 is 0 Å². The molecule has 2 heterocycles. The van der Waals surface area contributed by atoms with Crippen molar-refractivity contribution in [2.45, 2.75) is 0 Å². The average molecular weight is 267 g/mol. The molecule has 2 aromatic heterocycles. The molecule has 1 N–H and O–H groups in total. The van der Waals surface area contributed by atoms with Crippen LogP contribution in [0.2, 0.25) is 0 Å². The molecule has 0 aliphatic heterocycles. The Bertz CT molecular complexity index is 731. The Balaban J connectivity index is 1.89. The lowest BCUT2D eigenvalue weighted by Gasteiger charge is -2.08. The minimum Gasteiger partial charge on any atom is -0.495 e. The Labute approximate surface area is 115 Å². The average Bonchev–Trinajstić information content (AvgIpc) is 2.92. The third-order valence-electron chi connectivity index (χ3n) is 2.95. The molecule has 0 fully saturated rings. The Morgan fingerprint density at radius 2 is 2.00 bits per heavy atom. The zero-order chi connectivity index (χ0) is 13.9. The summed E-state index contributed by atoms with van der Waals surface area (Å²) in [6.07, 6.45) is 3.54. The van der Waals surface area contributed by atoms with Gasteiger partial charge in [0.05, 0.1) is 12.8 Å². The lowest BCUT2D eigenvalue weighted by atomic mass is 10.3. The van der Waals surface area contributed by atoms with Crippen LogP contribution >= 0.6 is 0 Å². The molecule has 0 atom stereocenters. The van der Waals surface area contributed by atoms with Crippen LogP contribution in [-0.4, -0.2) is 22.4 Å². The number of benzene rings is 1. The standard InChI is InChI=1S/C15H13N3O2/c1-20-13-7-3-2-6-11(13)17-15(19)12-10-18-9-5-4-8-14(18)16-12/h2-10H,1H3,(H,17,19). The van der Waals surface area contributed by atoms with Crippen molar-refractivity contribution < 1.29 is 9.53 Å². The molecule has 1 aromatic carbocycles. The molecule has 5 heteroatoms. The van der Waals surface area contributed by atoms with Crippen LogP contribution in [0.1, 0.15) is 10.5 Å². The van der Waals surface area contributed by atoms with Crippen molar-refractivity contribution in [1.29, 1.82) is 0 Å². The number of amides is 1. The molecule has 0 bridgehead atoms. The summed E-state index contributed by atoms with van der Waals surface area (Å²) in [6.45, 7) is 0. The molecule has 0 radical (unpaired) electrons. The molecule has 0 saturated carbocycles. The number of imidazole rings is 1. The molecule has 3 rings (SSSR count). The molecule has 20 heavy (non-hydrogen) atoms. The second-order valence-corrected chi connectivity index (χ2v) is 4.25. The van der Waals surface area contributed by atoms with Gasteiger partial charge in [-0.1, -0.05) is 18.2 Å². The Hall–Kier alpha value is -2.82. The largest absolute Gasteiger partial charge is 0.495 e. The highest BCUT2D eigenvalue weighted by Gasteiger charge is 2.12. The number of ether oxygens (including phenoxy) is 1. The summed E-state index contributed by atoms with van der Waals surface area (Å²) in [4.78, 5) is 16.5. The first-order valence-electron chi connectivity index (χ1n) is 6.16. The maximum absolute atomic E-state index is 12.2. The predicted molar refractivity (Wildman–Crippen MR) is 76.1 cm³/mol. The number of aromatic nitrogens is 2. The Kier molecular flexibility index (Phi) is 3.09. The Morgan fingerprint density at radius 1 is 1.20 bits per heavy atom. The number of methoxy groups -OCH3 is 1. The topological polar surface area (TPSA) is 55.6 Å². The van der Waals surface area contributed by atoms with Gasteiger partial charge >= 0.3 is 0 Å². The van der Waals surface area contributed by atoms with Crippen molar-refractivity contribution in [3.63, 3.8) is 0 Å². The maximum Gasteiger partial charge on any atom is 0.275 e. The summed E-state index contributed by atoms with van der Waals surface area (Å²) in [6, 6.07) is 12.9. The number of rotatable bonds is 3. The fourth-order valence-corrected chi connectivity index (χ4v) is 1.98. The van der Waals surface area contributed by atoms with Crippen molar-refractivity contribution in [2.75, 3.05) is 12.4 Å². The molecule has 1 amide bonds. The van der Waals surface area contributed by atoms with E-state index in [0.29, 0.717) is 17.1 Å². The van der Waals surface area contributed by atoms with Gasteiger partial charge in [-0.05, 0) is 24.3 Å². The first-order chi connectivity index (χ1) is 9.78. The second kappa shape index (κ2) is 5.05. The monoisotopic (exact) mass is 267 g/mol. The van der Waals surface area contributed by atoms with Crippen LogP contribution in [-0.2, 0) is 0 Å². The number of nitrogens with zero attached hydrogens (tertiary/aromatic N) is 2. The van der Waals surface area contributed by atoms with E-state index in [4.69, 9.17) is 4.74 Å². The molecular weight excluding hydrogens is 254 g/mol. The minimum absolute atomic E-state index is 0.266. The third kappa shape index (κ3) is 2.21. The Morgan fingerprint density at radius 3 is 2.80 bits per heavy atom. The van der Waals surface area contributed by atoms with Crippen LogP contribution in [0.4, 0.5) is 5.69 Å². The third-order valence-corrected chi connectivity index (χ3v) is 2.95. The zero-order valence-electron chi connectivity index (χ0n) is 10.9. The van der Waals surface area contributed by atoms with E-state index in [1.54, 1.807) is 29.8 Å². The van der Waals surface area contributed by atoms with Gasteiger partial charge < -0.3 is 14.5 Å². The lowest BCUT2D eigenvalue weighted by Crippen LogP contribution is -2.12. The predicted octanol–water partition coefficient (Wildman–Crippen LogP) is 2.60. The molecule has 0 unspecified atom stereocenters. The molecule has 0 saturated heterocycles. The summed E-state index contributed by atoms with van der Waals surface area (Å²) in [5, 5.41) is 2.80. The molecule has 3 aromatic rings. The summed E-state index contributed by atoms with van der Waals surface area (Å²) >= 11 is 0. The summed E-state index contributed by atoms with van der Waals surface area (Å²) in [5.74, 6) is 0.350. The smallest absolute Gasteiger partial charge is 0.275 e. The molecule has 5 nitrogen and oxygen atoms in total. The van der Waals surface area contributed by atoms with Crippen LogP contribution < -0.4 is 10.1 Å². The van der Waals surface area contributed by atoms with Crippen LogP contribution in [0.15, 0.2) is 54.9 Å². The number of hydrogen-bond donors (Lipinski definition) is 1. The fraction of sp³-hybridized carbons (Fsp3) is 0.0667. The van der Waals surface area contributed by atoms with Crippen LogP contribution in [0.3, 0.4) is 0 Å². The van der Waals surface area contributed by atoms with E-state index < -0.39 is 0 Å². The van der Waals surface area contributed by atoms with Crippen molar-refractivity contribution in [1.82, 2.24) is 9.38 Å². The second-order valence-electron chi connectivity index (χ2n) is 4.25. The number of anilines is 1. The van der Waals surface area contributed by atoms with Crippen LogP contribution in [0.25, 0.3) is 5.65 Å². The van der Waals surface area contributed by atoms with Gasteiger partial charge in [0, 0.05) is 12.4 Å². The van der Waals surface area contributed by atoms with Gasteiger partial charge in [-0.15, -0.1) is 0 Å². The molecule has 0 aliphatic carbocycles. The number of hydrogen-bond acceptors (Lipinski definition) is 3. The van der Waals surface area contributed by atoms with Gasteiger partial charge in [-0.3, -0.25) is 4.79 Å².